The van der Waals surface area contributed by atoms with Gasteiger partial charge in [0.25, 0.3) is 0 Å². The van der Waals surface area contributed by atoms with Crippen molar-refractivity contribution < 1.29 is 19.1 Å². The predicted molar refractivity (Wildman–Crippen MR) is 84.1 cm³/mol. The van der Waals surface area contributed by atoms with Crippen LogP contribution in [-0.4, -0.2) is 31.3 Å². The number of hydrogen-bond donors (Lipinski definition) is 2. The highest BCUT2D eigenvalue weighted by Crippen LogP contribution is 2.27. The molecule has 0 aliphatic carbocycles. The molecule has 1 aliphatic rings. The Morgan fingerprint density at radius 2 is 1.68 bits per heavy atom. The molecule has 6 nitrogen and oxygen atoms in total. The molecule has 1 heterocycles. The molecule has 0 amide bonds. The maximum Gasteiger partial charge on any atom is 0.337 e. The topological polar surface area (TPSA) is 76.7 Å². The van der Waals surface area contributed by atoms with Gasteiger partial charge in [0.05, 0.1) is 31.4 Å². The van der Waals surface area contributed by atoms with Crippen molar-refractivity contribution in [3.8, 4) is 0 Å². The zero-order valence-corrected chi connectivity index (χ0v) is 13.2. The Hall–Kier alpha value is -2.41. The summed E-state index contributed by atoms with van der Waals surface area (Å²) in [6.45, 7) is 1.76. The molecule has 0 fully saturated rings. The summed E-state index contributed by atoms with van der Waals surface area (Å²) < 4.78 is 9.50. The molecule has 1 aromatic rings. The quantitative estimate of drug-likeness (QED) is 0.644. The second-order valence-electron chi connectivity index (χ2n) is 4.68. The van der Waals surface area contributed by atoms with Crippen molar-refractivity contribution in [3.05, 3.63) is 46.7 Å². The molecular formula is C15H16N2O4S. The molecule has 0 spiro atoms. The van der Waals surface area contributed by atoms with Gasteiger partial charge in [0.1, 0.15) is 0 Å². The van der Waals surface area contributed by atoms with E-state index in [2.05, 4.69) is 15.4 Å². The first-order valence-corrected chi connectivity index (χ1v) is 6.93. The maximum absolute atomic E-state index is 12.0. The number of nitrogens with one attached hydrogen (secondary N) is 2. The van der Waals surface area contributed by atoms with Crippen molar-refractivity contribution in [2.45, 2.75) is 13.0 Å². The summed E-state index contributed by atoms with van der Waals surface area (Å²) >= 11 is 5.14. The van der Waals surface area contributed by atoms with Gasteiger partial charge in [-0.2, -0.15) is 0 Å². The molecule has 2 rings (SSSR count). The van der Waals surface area contributed by atoms with Gasteiger partial charge in [0.15, 0.2) is 5.11 Å². The van der Waals surface area contributed by atoms with Crippen molar-refractivity contribution >= 4 is 29.3 Å². The molecule has 1 aliphatic heterocycles. The van der Waals surface area contributed by atoms with E-state index in [0.29, 0.717) is 21.9 Å². The summed E-state index contributed by atoms with van der Waals surface area (Å²) in [7, 11) is 2.65. The molecule has 0 unspecified atom stereocenters. The standard InChI is InChI=1S/C15H16N2O4S/c1-8-11(14(19)21-3)12(17-15(22)16-8)9-4-6-10(7-5-9)13(18)20-2/h4-7,12H,1-3H3,(H2,16,17,22)/t12-/m1/s1. The first-order chi connectivity index (χ1) is 10.5. The van der Waals surface area contributed by atoms with Crippen molar-refractivity contribution in [1.29, 1.82) is 0 Å². The van der Waals surface area contributed by atoms with E-state index in [0.717, 1.165) is 5.56 Å². The minimum Gasteiger partial charge on any atom is -0.466 e. The van der Waals surface area contributed by atoms with Gasteiger partial charge < -0.3 is 20.1 Å². The Balaban J connectivity index is 2.40. The highest BCUT2D eigenvalue weighted by atomic mass is 32.1. The van der Waals surface area contributed by atoms with Crippen LogP contribution in [0.15, 0.2) is 35.5 Å². The van der Waals surface area contributed by atoms with E-state index in [-0.39, 0.29) is 0 Å². The molecule has 7 heteroatoms. The van der Waals surface area contributed by atoms with Crippen LogP contribution in [0.5, 0.6) is 0 Å². The van der Waals surface area contributed by atoms with Crippen LogP contribution in [0.2, 0.25) is 0 Å². The fourth-order valence-corrected chi connectivity index (χ4v) is 2.52. The van der Waals surface area contributed by atoms with Crippen LogP contribution in [-0.2, 0) is 14.3 Å². The van der Waals surface area contributed by atoms with Crippen LogP contribution in [0.1, 0.15) is 28.9 Å². The van der Waals surface area contributed by atoms with Gasteiger partial charge in [-0.1, -0.05) is 12.1 Å². The number of esters is 2. The second kappa shape index (κ2) is 6.57. The summed E-state index contributed by atoms with van der Waals surface area (Å²) in [5.74, 6) is -0.859. The fraction of sp³-hybridized carbons (Fsp3) is 0.267. The maximum atomic E-state index is 12.0. The SMILES string of the molecule is COC(=O)C1=C(C)NC(=S)N[C@@H]1c1ccc(C(=O)OC)cc1. The lowest BCUT2D eigenvalue weighted by Crippen LogP contribution is -2.45. The minimum absolute atomic E-state index is 0.416. The molecule has 0 saturated heterocycles. The van der Waals surface area contributed by atoms with Crippen molar-refractivity contribution in [2.24, 2.45) is 0 Å². The van der Waals surface area contributed by atoms with Gasteiger partial charge in [-0.3, -0.25) is 0 Å². The van der Waals surface area contributed by atoms with Gasteiger partial charge in [-0.05, 0) is 36.8 Å². The highest BCUT2D eigenvalue weighted by Gasteiger charge is 2.30. The summed E-state index contributed by atoms with van der Waals surface area (Å²) in [6, 6.07) is 6.33. The van der Waals surface area contributed by atoms with Crippen molar-refractivity contribution in [1.82, 2.24) is 10.6 Å². The Morgan fingerprint density at radius 3 is 2.23 bits per heavy atom. The number of methoxy groups -OCH3 is 2. The summed E-state index contributed by atoms with van der Waals surface area (Å²) in [5, 5.41) is 6.37. The first-order valence-electron chi connectivity index (χ1n) is 6.52. The zero-order valence-electron chi connectivity index (χ0n) is 12.4. The van der Waals surface area contributed by atoms with E-state index in [1.165, 1.54) is 14.2 Å². The predicted octanol–water partition coefficient (Wildman–Crippen LogP) is 1.44. The molecule has 1 atom stereocenters. The van der Waals surface area contributed by atoms with Crippen LogP contribution in [0.4, 0.5) is 0 Å². The summed E-state index contributed by atoms with van der Waals surface area (Å²) in [6.07, 6.45) is 0. The van der Waals surface area contributed by atoms with Gasteiger partial charge in [-0.15, -0.1) is 0 Å². The van der Waals surface area contributed by atoms with Crippen molar-refractivity contribution in [2.75, 3.05) is 14.2 Å². The Kier molecular flexibility index (Phi) is 4.77. The van der Waals surface area contributed by atoms with Gasteiger partial charge >= 0.3 is 11.9 Å². The molecule has 0 aromatic heterocycles. The lowest BCUT2D eigenvalue weighted by atomic mass is 9.95. The Morgan fingerprint density at radius 1 is 1.09 bits per heavy atom. The number of thiocarbonyl (C=S) groups is 1. The third-order valence-electron chi connectivity index (χ3n) is 3.34. The van der Waals surface area contributed by atoms with E-state index in [9.17, 15) is 9.59 Å². The first kappa shape index (κ1) is 16.0. The molecule has 1 aromatic carbocycles. The number of carbonyl (C=O) groups excluding carboxylic acids is 2. The average Bonchev–Trinajstić information content (AvgIpc) is 2.53. The number of hydrogen-bond acceptors (Lipinski definition) is 5. The molecular weight excluding hydrogens is 304 g/mol. The van der Waals surface area contributed by atoms with Crippen LogP contribution in [0.25, 0.3) is 0 Å². The second-order valence-corrected chi connectivity index (χ2v) is 5.08. The van der Waals surface area contributed by atoms with Crippen LogP contribution in [0.3, 0.4) is 0 Å². The normalized spacial score (nSPS) is 17.4. The third-order valence-corrected chi connectivity index (χ3v) is 3.56. The van der Waals surface area contributed by atoms with E-state index >= 15 is 0 Å². The molecule has 116 valence electrons. The van der Waals surface area contributed by atoms with Crippen LogP contribution >= 0.6 is 12.2 Å². The van der Waals surface area contributed by atoms with Gasteiger partial charge in [0.2, 0.25) is 0 Å². The summed E-state index contributed by atoms with van der Waals surface area (Å²) in [4.78, 5) is 23.5. The Bertz CT molecular complexity index is 652. The fourth-order valence-electron chi connectivity index (χ4n) is 2.25. The van der Waals surface area contributed by atoms with E-state index in [4.69, 9.17) is 17.0 Å². The third kappa shape index (κ3) is 3.09. The molecule has 22 heavy (non-hydrogen) atoms. The van der Waals surface area contributed by atoms with E-state index < -0.39 is 18.0 Å². The molecule has 2 N–H and O–H groups in total. The minimum atomic E-state index is -0.443. The smallest absolute Gasteiger partial charge is 0.337 e. The number of ether oxygens (including phenoxy) is 2. The van der Waals surface area contributed by atoms with Crippen LogP contribution in [0, 0.1) is 0 Å². The van der Waals surface area contributed by atoms with Crippen molar-refractivity contribution in [3.63, 3.8) is 0 Å². The average molecular weight is 320 g/mol. The molecule has 0 bridgehead atoms. The summed E-state index contributed by atoms with van der Waals surface area (Å²) in [5.41, 5.74) is 2.30. The zero-order chi connectivity index (χ0) is 16.3. The largest absolute Gasteiger partial charge is 0.466 e. The van der Waals surface area contributed by atoms with Gasteiger partial charge in [0, 0.05) is 5.70 Å². The lowest BCUT2D eigenvalue weighted by molar-refractivity contribution is -0.136. The number of rotatable bonds is 3. The highest BCUT2D eigenvalue weighted by molar-refractivity contribution is 7.80. The monoisotopic (exact) mass is 320 g/mol. The van der Waals surface area contributed by atoms with E-state index in [1.807, 2.05) is 0 Å². The van der Waals surface area contributed by atoms with E-state index in [1.54, 1.807) is 31.2 Å². The van der Waals surface area contributed by atoms with Gasteiger partial charge in [-0.25, -0.2) is 9.59 Å². The number of carbonyl (C=O) groups is 2. The molecule has 0 saturated carbocycles. The van der Waals surface area contributed by atoms with Crippen LogP contribution < -0.4 is 10.6 Å². The number of allylic oxidation sites excluding steroid dienone is 1. The lowest BCUT2D eigenvalue weighted by Gasteiger charge is -2.29. The molecule has 0 radical (unpaired) electrons. The number of benzene rings is 1. The Labute approximate surface area is 133 Å².